The first-order chi connectivity index (χ1) is 13.9. The van der Waals surface area contributed by atoms with E-state index in [0.29, 0.717) is 18.7 Å². The van der Waals surface area contributed by atoms with Gasteiger partial charge in [0.15, 0.2) is 0 Å². The predicted octanol–water partition coefficient (Wildman–Crippen LogP) is 3.52. The fourth-order valence-electron chi connectivity index (χ4n) is 2.41. The van der Waals surface area contributed by atoms with Gasteiger partial charge in [-0.1, -0.05) is 46.3 Å². The highest BCUT2D eigenvalue weighted by Gasteiger charge is 2.08. The van der Waals surface area contributed by atoms with Gasteiger partial charge in [0, 0.05) is 23.1 Å². The summed E-state index contributed by atoms with van der Waals surface area (Å²) in [6.07, 6.45) is 0.113. The summed E-state index contributed by atoms with van der Waals surface area (Å²) in [6, 6.07) is 14.8. The van der Waals surface area contributed by atoms with Crippen molar-refractivity contribution in [1.29, 1.82) is 0 Å². The molecule has 2 aromatic rings. The second-order valence-electron chi connectivity index (χ2n) is 6.38. The van der Waals surface area contributed by atoms with Crippen molar-refractivity contribution in [2.24, 2.45) is 0 Å². The topological polar surface area (TPSA) is 96.5 Å². The highest BCUT2D eigenvalue weighted by molar-refractivity contribution is 9.10. The first-order valence-electron chi connectivity index (χ1n) is 9.21. The molecule has 8 heteroatoms. The quantitative estimate of drug-likeness (QED) is 0.497. The zero-order chi connectivity index (χ0) is 21.1. The molecule has 0 saturated carbocycles. The van der Waals surface area contributed by atoms with Crippen molar-refractivity contribution < 1.29 is 19.1 Å². The van der Waals surface area contributed by atoms with Crippen LogP contribution in [0.5, 0.6) is 0 Å². The van der Waals surface area contributed by atoms with Gasteiger partial charge >= 0.3 is 6.09 Å². The van der Waals surface area contributed by atoms with Crippen molar-refractivity contribution in [1.82, 2.24) is 10.6 Å². The highest BCUT2D eigenvalue weighted by atomic mass is 79.9. The summed E-state index contributed by atoms with van der Waals surface area (Å²) in [5.41, 5.74) is 2.57. The zero-order valence-electron chi connectivity index (χ0n) is 16.2. The van der Waals surface area contributed by atoms with E-state index in [1.54, 1.807) is 6.07 Å². The third kappa shape index (κ3) is 8.78. The van der Waals surface area contributed by atoms with E-state index >= 15 is 0 Å². The van der Waals surface area contributed by atoms with Crippen LogP contribution in [0.15, 0.2) is 53.0 Å². The molecule has 0 radical (unpaired) electrons. The van der Waals surface area contributed by atoms with Gasteiger partial charge in [0.25, 0.3) is 0 Å². The van der Waals surface area contributed by atoms with E-state index in [9.17, 15) is 14.4 Å². The van der Waals surface area contributed by atoms with Gasteiger partial charge < -0.3 is 20.7 Å². The standard InChI is InChI=1S/C21H24BrN3O4/c1-15-12-17(9-10-18(15)22)25-20(27)13-24-19(26)8-5-11-23-21(28)29-14-16-6-3-2-4-7-16/h2-4,6-7,9-10,12H,5,8,11,13-14H2,1H3,(H,23,28)(H,24,26)(H,25,27). The molecule has 3 amide bonds. The molecule has 2 aromatic carbocycles. The second kappa shape index (κ2) is 11.9. The first kappa shape index (κ1) is 22.4. The number of halogens is 1. The second-order valence-corrected chi connectivity index (χ2v) is 7.24. The Labute approximate surface area is 178 Å². The van der Waals surface area contributed by atoms with Crippen molar-refractivity contribution in [3.05, 3.63) is 64.1 Å². The molecule has 154 valence electrons. The van der Waals surface area contributed by atoms with Gasteiger partial charge in [0.2, 0.25) is 11.8 Å². The molecular formula is C21H24BrN3O4. The third-order valence-corrected chi connectivity index (χ3v) is 4.84. The van der Waals surface area contributed by atoms with E-state index in [0.717, 1.165) is 15.6 Å². The Hall–Kier alpha value is -2.87. The number of rotatable bonds is 9. The number of anilines is 1. The fourth-order valence-corrected chi connectivity index (χ4v) is 2.66. The lowest BCUT2D eigenvalue weighted by atomic mass is 10.2. The number of aryl methyl sites for hydroxylation is 1. The van der Waals surface area contributed by atoms with Crippen LogP contribution in [-0.4, -0.2) is 31.0 Å². The molecule has 0 unspecified atom stereocenters. The molecule has 0 aliphatic heterocycles. The van der Waals surface area contributed by atoms with E-state index in [2.05, 4.69) is 31.9 Å². The summed E-state index contributed by atoms with van der Waals surface area (Å²) in [4.78, 5) is 35.3. The minimum absolute atomic E-state index is 0.111. The first-order valence-corrected chi connectivity index (χ1v) is 10.0. The smallest absolute Gasteiger partial charge is 0.407 e. The van der Waals surface area contributed by atoms with Gasteiger partial charge in [-0.15, -0.1) is 0 Å². The Balaban J connectivity index is 1.55. The van der Waals surface area contributed by atoms with Crippen LogP contribution in [0.2, 0.25) is 0 Å². The van der Waals surface area contributed by atoms with E-state index < -0.39 is 6.09 Å². The fraction of sp³-hybridized carbons (Fsp3) is 0.286. The Kier molecular flexibility index (Phi) is 9.17. The number of carbonyl (C=O) groups excluding carboxylic acids is 3. The molecule has 0 heterocycles. The molecule has 0 aromatic heterocycles. The van der Waals surface area contributed by atoms with Gasteiger partial charge in [0.05, 0.1) is 6.54 Å². The normalized spacial score (nSPS) is 10.1. The average Bonchev–Trinajstić information content (AvgIpc) is 2.71. The highest BCUT2D eigenvalue weighted by Crippen LogP contribution is 2.19. The summed E-state index contributed by atoms with van der Waals surface area (Å²) >= 11 is 3.40. The maximum Gasteiger partial charge on any atom is 0.407 e. The lowest BCUT2D eigenvalue weighted by molar-refractivity contribution is -0.124. The van der Waals surface area contributed by atoms with Gasteiger partial charge in [-0.25, -0.2) is 4.79 Å². The molecule has 0 aliphatic rings. The van der Waals surface area contributed by atoms with E-state index in [4.69, 9.17) is 4.74 Å². The Bertz CT molecular complexity index is 843. The SMILES string of the molecule is Cc1cc(NC(=O)CNC(=O)CCCNC(=O)OCc2ccccc2)ccc1Br. The van der Waals surface area contributed by atoms with Crippen molar-refractivity contribution in [2.75, 3.05) is 18.4 Å². The summed E-state index contributed by atoms with van der Waals surface area (Å²) in [5.74, 6) is -0.561. The number of carbonyl (C=O) groups is 3. The van der Waals surface area contributed by atoms with Crippen LogP contribution in [0.25, 0.3) is 0 Å². The van der Waals surface area contributed by atoms with Crippen LogP contribution in [0.3, 0.4) is 0 Å². The Morgan fingerprint density at radius 1 is 1.00 bits per heavy atom. The van der Waals surface area contributed by atoms with Gasteiger partial charge in [0.1, 0.15) is 6.61 Å². The molecular weight excluding hydrogens is 438 g/mol. The molecule has 0 bridgehead atoms. The minimum atomic E-state index is -0.529. The molecule has 0 spiro atoms. The lowest BCUT2D eigenvalue weighted by Gasteiger charge is -2.09. The summed E-state index contributed by atoms with van der Waals surface area (Å²) in [7, 11) is 0. The number of nitrogens with one attached hydrogen (secondary N) is 3. The van der Waals surface area contributed by atoms with E-state index in [-0.39, 0.29) is 31.4 Å². The molecule has 0 atom stereocenters. The number of alkyl carbamates (subject to hydrolysis) is 1. The van der Waals surface area contributed by atoms with Crippen LogP contribution in [0.1, 0.15) is 24.0 Å². The maximum absolute atomic E-state index is 11.9. The molecule has 0 saturated heterocycles. The third-order valence-electron chi connectivity index (χ3n) is 3.95. The molecule has 29 heavy (non-hydrogen) atoms. The van der Waals surface area contributed by atoms with Crippen LogP contribution < -0.4 is 16.0 Å². The van der Waals surface area contributed by atoms with Crippen molar-refractivity contribution in [2.45, 2.75) is 26.4 Å². The Morgan fingerprint density at radius 2 is 1.76 bits per heavy atom. The number of amides is 3. The number of hydrogen-bond acceptors (Lipinski definition) is 4. The average molecular weight is 462 g/mol. The monoisotopic (exact) mass is 461 g/mol. The van der Waals surface area contributed by atoms with Gasteiger partial charge in [-0.2, -0.15) is 0 Å². The van der Waals surface area contributed by atoms with Gasteiger partial charge in [-0.3, -0.25) is 9.59 Å². The van der Waals surface area contributed by atoms with Crippen molar-refractivity contribution in [3.8, 4) is 0 Å². The minimum Gasteiger partial charge on any atom is -0.445 e. The zero-order valence-corrected chi connectivity index (χ0v) is 17.8. The Morgan fingerprint density at radius 3 is 2.48 bits per heavy atom. The predicted molar refractivity (Wildman–Crippen MR) is 114 cm³/mol. The molecule has 2 rings (SSSR count). The molecule has 0 fully saturated rings. The van der Waals surface area contributed by atoms with Crippen molar-refractivity contribution >= 4 is 39.5 Å². The largest absolute Gasteiger partial charge is 0.445 e. The number of ether oxygens (including phenoxy) is 1. The molecule has 7 nitrogen and oxygen atoms in total. The summed E-state index contributed by atoms with van der Waals surface area (Å²) in [5, 5.41) is 7.88. The number of hydrogen-bond donors (Lipinski definition) is 3. The van der Waals surface area contributed by atoms with Crippen LogP contribution in [0, 0.1) is 6.92 Å². The van der Waals surface area contributed by atoms with Crippen LogP contribution >= 0.6 is 15.9 Å². The maximum atomic E-state index is 11.9. The van der Waals surface area contributed by atoms with Gasteiger partial charge in [-0.05, 0) is 42.7 Å². The lowest BCUT2D eigenvalue weighted by Crippen LogP contribution is -2.33. The summed E-state index contributed by atoms with van der Waals surface area (Å²) < 4.78 is 6.04. The van der Waals surface area contributed by atoms with Crippen LogP contribution in [0.4, 0.5) is 10.5 Å². The summed E-state index contributed by atoms with van der Waals surface area (Å²) in [6.45, 7) is 2.32. The van der Waals surface area contributed by atoms with E-state index in [1.807, 2.05) is 49.4 Å². The van der Waals surface area contributed by atoms with Crippen LogP contribution in [-0.2, 0) is 20.9 Å². The van der Waals surface area contributed by atoms with E-state index in [1.165, 1.54) is 0 Å². The van der Waals surface area contributed by atoms with Crippen molar-refractivity contribution in [3.63, 3.8) is 0 Å². The molecule has 3 N–H and O–H groups in total. The number of benzene rings is 2. The molecule has 0 aliphatic carbocycles.